The van der Waals surface area contributed by atoms with Gasteiger partial charge in [0.2, 0.25) is 0 Å². The van der Waals surface area contributed by atoms with Crippen LogP contribution in [0.25, 0.3) is 22.3 Å². The molecule has 2 aromatic rings. The van der Waals surface area contributed by atoms with Gasteiger partial charge in [0, 0.05) is 19.4 Å². The van der Waals surface area contributed by atoms with Crippen LogP contribution in [0.15, 0.2) is 41.5 Å². The third-order valence-electron chi connectivity index (χ3n) is 5.16. The third kappa shape index (κ3) is 3.20. The number of esters is 1. The molecule has 1 N–H and O–H groups in total. The Hall–Kier alpha value is -3.42. The Bertz CT molecular complexity index is 1220. The molecule has 0 aliphatic carbocycles. The van der Waals surface area contributed by atoms with Crippen molar-refractivity contribution in [1.29, 1.82) is 0 Å². The van der Waals surface area contributed by atoms with Gasteiger partial charge < -0.3 is 13.9 Å². The smallest absolute Gasteiger partial charge is 0.341 e. The fourth-order valence-electron chi connectivity index (χ4n) is 3.76. The fourth-order valence-corrected chi connectivity index (χ4v) is 3.76. The molecule has 0 spiro atoms. The fraction of sp³-hybridized carbons (Fsp3) is 0.333. The summed E-state index contributed by atoms with van der Waals surface area (Å²) in [6, 6.07) is 7.77. The number of para-hydroxylation sites is 2. The molecule has 0 amide bonds. The number of H-pyrrole nitrogens is 1. The lowest BCUT2D eigenvalue weighted by Crippen LogP contribution is -2.20. The number of hydrogen-bond acceptors (Lipinski definition) is 5. The number of fused-ring (bicyclic) bond motifs is 2. The number of benzene rings is 1. The molecule has 1 aromatic heterocycles. The topological polar surface area (TPSA) is 94.8 Å². The van der Waals surface area contributed by atoms with Gasteiger partial charge in [-0.2, -0.15) is 5.10 Å². The zero-order chi connectivity index (χ0) is 20.7. The highest BCUT2D eigenvalue weighted by Crippen LogP contribution is 2.31. The molecular weight excluding hydrogens is 370 g/mol. The molecule has 8 heteroatoms. The standard InChI is InChI=1S/C21H23N5O3/c1-12(2)9-17(19-22-15-7-5-6-8-16(15)25(19)3)26-10-13-18(23-24-20(13)27)14(11-26)21(28)29-4/h5-8,10-12,17H,9H2,1-4H3,(H,24,27)/t17-/m0/s1. The van der Waals surface area contributed by atoms with E-state index < -0.39 is 5.97 Å². The third-order valence-corrected chi connectivity index (χ3v) is 5.16. The number of aromatic amines is 1. The Morgan fingerprint density at radius 3 is 2.69 bits per heavy atom. The number of aromatic nitrogens is 5. The van der Waals surface area contributed by atoms with Crippen molar-refractivity contribution in [2.75, 3.05) is 7.11 Å². The van der Waals surface area contributed by atoms with Gasteiger partial charge in [-0.3, -0.25) is 4.79 Å². The summed E-state index contributed by atoms with van der Waals surface area (Å²) in [5.74, 6) is 0.681. The molecule has 0 unspecified atom stereocenters. The zero-order valence-electron chi connectivity index (χ0n) is 16.8. The first-order chi connectivity index (χ1) is 13.9. The lowest BCUT2D eigenvalue weighted by molar-refractivity contribution is 0.0600. The van der Waals surface area contributed by atoms with Crippen molar-refractivity contribution in [3.63, 3.8) is 0 Å². The number of hydrogen-bond donors (Lipinski definition) is 1. The minimum absolute atomic E-state index is 0.172. The summed E-state index contributed by atoms with van der Waals surface area (Å²) < 4.78 is 8.86. The maximum atomic E-state index is 12.4. The Balaban J connectivity index is 1.96. The van der Waals surface area contributed by atoms with E-state index in [1.807, 2.05) is 35.9 Å². The summed E-state index contributed by atoms with van der Waals surface area (Å²) in [6.07, 6.45) is 4.21. The number of nitrogens with zero attached hydrogens (tertiary/aromatic N) is 4. The Kier molecular flexibility index (Phi) is 4.70. The number of methoxy groups -OCH3 is 1. The maximum absolute atomic E-state index is 12.4. The molecule has 0 bridgehead atoms. The van der Waals surface area contributed by atoms with Crippen LogP contribution in [0, 0.1) is 5.92 Å². The Morgan fingerprint density at radius 1 is 1.24 bits per heavy atom. The Morgan fingerprint density at radius 2 is 2.00 bits per heavy atom. The lowest BCUT2D eigenvalue weighted by Gasteiger charge is -2.24. The van der Waals surface area contributed by atoms with Gasteiger partial charge in [-0.05, 0) is 24.5 Å². The van der Waals surface area contributed by atoms with E-state index >= 15 is 0 Å². The highest BCUT2D eigenvalue weighted by Gasteiger charge is 2.27. The van der Waals surface area contributed by atoms with E-state index in [0.717, 1.165) is 23.3 Å². The van der Waals surface area contributed by atoms with E-state index in [2.05, 4.69) is 28.6 Å². The zero-order valence-corrected chi connectivity index (χ0v) is 16.8. The first kappa shape index (κ1) is 18.9. The van der Waals surface area contributed by atoms with E-state index in [1.165, 1.54) is 7.11 Å². The van der Waals surface area contributed by atoms with Gasteiger partial charge >= 0.3 is 5.97 Å². The molecule has 150 valence electrons. The van der Waals surface area contributed by atoms with Crippen molar-refractivity contribution in [2.24, 2.45) is 13.0 Å². The monoisotopic (exact) mass is 393 g/mol. The van der Waals surface area contributed by atoms with Crippen molar-refractivity contribution in [3.05, 3.63) is 58.4 Å². The predicted octanol–water partition coefficient (Wildman–Crippen LogP) is 2.99. The number of carbonyl (C=O) groups is 1. The van der Waals surface area contributed by atoms with Gasteiger partial charge in [0.15, 0.2) is 0 Å². The average molecular weight is 393 g/mol. The van der Waals surface area contributed by atoms with Gasteiger partial charge in [0.25, 0.3) is 5.56 Å². The van der Waals surface area contributed by atoms with E-state index in [0.29, 0.717) is 17.2 Å². The normalized spacial score (nSPS) is 12.7. The second-order valence-electron chi connectivity index (χ2n) is 7.59. The molecule has 1 aromatic carbocycles. The SMILES string of the molecule is COC(=O)c1cn([C@@H](CC(C)C)c2nc3ccccc3n2C)cc2c(=O)[nH]nc1-2. The van der Waals surface area contributed by atoms with Gasteiger partial charge in [-0.25, -0.2) is 14.9 Å². The molecular formula is C21H23N5O3. The number of pyridine rings is 1. The molecule has 0 saturated heterocycles. The van der Waals surface area contributed by atoms with Crippen LogP contribution in [-0.4, -0.2) is 37.4 Å². The van der Waals surface area contributed by atoms with Crippen LogP contribution in [0.3, 0.4) is 0 Å². The van der Waals surface area contributed by atoms with Crippen molar-refractivity contribution in [1.82, 2.24) is 24.3 Å². The number of rotatable bonds is 5. The molecule has 0 radical (unpaired) electrons. The van der Waals surface area contributed by atoms with Gasteiger partial charge in [-0.1, -0.05) is 26.0 Å². The molecule has 3 heterocycles. The second kappa shape index (κ2) is 7.20. The minimum atomic E-state index is -0.538. The molecule has 2 aliphatic heterocycles. The van der Waals surface area contributed by atoms with Crippen LogP contribution in [0.1, 0.15) is 42.5 Å². The van der Waals surface area contributed by atoms with Gasteiger partial charge in [0.05, 0.1) is 29.7 Å². The van der Waals surface area contributed by atoms with E-state index in [1.54, 1.807) is 12.4 Å². The van der Waals surface area contributed by atoms with Gasteiger partial charge in [0.1, 0.15) is 17.1 Å². The molecule has 8 nitrogen and oxygen atoms in total. The first-order valence-corrected chi connectivity index (χ1v) is 9.50. The molecule has 0 saturated carbocycles. The predicted molar refractivity (Wildman–Crippen MR) is 109 cm³/mol. The van der Waals surface area contributed by atoms with Crippen LogP contribution in [0.5, 0.6) is 0 Å². The number of carbonyl (C=O) groups excluding carboxylic acids is 1. The Labute approximate surface area is 167 Å². The molecule has 29 heavy (non-hydrogen) atoms. The summed E-state index contributed by atoms with van der Waals surface area (Å²) in [5.41, 5.74) is 2.50. The highest BCUT2D eigenvalue weighted by atomic mass is 16.5. The summed E-state index contributed by atoms with van der Waals surface area (Å²) in [7, 11) is 3.29. The molecule has 0 fully saturated rings. The number of aryl methyl sites for hydroxylation is 1. The van der Waals surface area contributed by atoms with E-state index in [9.17, 15) is 9.59 Å². The van der Waals surface area contributed by atoms with Crippen LogP contribution < -0.4 is 5.56 Å². The summed E-state index contributed by atoms with van der Waals surface area (Å²) in [4.78, 5) is 29.5. The van der Waals surface area contributed by atoms with Crippen molar-refractivity contribution < 1.29 is 9.53 Å². The number of imidazole rings is 1. The highest BCUT2D eigenvalue weighted by molar-refractivity contribution is 5.96. The van der Waals surface area contributed by atoms with Crippen molar-refractivity contribution >= 4 is 17.0 Å². The molecule has 2 aliphatic rings. The van der Waals surface area contributed by atoms with Crippen LogP contribution >= 0.6 is 0 Å². The van der Waals surface area contributed by atoms with Gasteiger partial charge in [-0.15, -0.1) is 0 Å². The van der Waals surface area contributed by atoms with E-state index in [-0.39, 0.29) is 17.2 Å². The number of nitrogens with one attached hydrogen (secondary N) is 1. The van der Waals surface area contributed by atoms with Crippen molar-refractivity contribution in [3.8, 4) is 11.3 Å². The average Bonchev–Trinajstić information content (AvgIpc) is 3.25. The summed E-state index contributed by atoms with van der Waals surface area (Å²) in [6.45, 7) is 4.26. The van der Waals surface area contributed by atoms with Crippen LogP contribution in [-0.2, 0) is 11.8 Å². The second-order valence-corrected chi connectivity index (χ2v) is 7.59. The minimum Gasteiger partial charge on any atom is -0.465 e. The van der Waals surface area contributed by atoms with Crippen LogP contribution in [0.4, 0.5) is 0 Å². The van der Waals surface area contributed by atoms with E-state index in [4.69, 9.17) is 9.72 Å². The summed E-state index contributed by atoms with van der Waals surface area (Å²) in [5, 5.41) is 6.43. The maximum Gasteiger partial charge on any atom is 0.341 e. The molecule has 1 atom stereocenters. The van der Waals surface area contributed by atoms with Crippen molar-refractivity contribution in [2.45, 2.75) is 26.3 Å². The first-order valence-electron chi connectivity index (χ1n) is 9.50. The molecule has 4 rings (SSSR count). The number of ether oxygens (including phenoxy) is 1. The lowest BCUT2D eigenvalue weighted by atomic mass is 10.0. The largest absolute Gasteiger partial charge is 0.465 e. The van der Waals surface area contributed by atoms with Crippen LogP contribution in [0.2, 0.25) is 0 Å². The summed E-state index contributed by atoms with van der Waals surface area (Å²) >= 11 is 0. The quantitative estimate of drug-likeness (QED) is 0.526.